The van der Waals surface area contributed by atoms with Gasteiger partial charge in [-0.3, -0.25) is 0 Å². The lowest BCUT2D eigenvalue weighted by Gasteiger charge is -2.34. The number of ether oxygens (including phenoxy) is 2. The summed E-state index contributed by atoms with van der Waals surface area (Å²) in [6, 6.07) is 1.72. The maximum absolute atomic E-state index is 14.2. The lowest BCUT2D eigenvalue weighted by Crippen LogP contribution is -2.46. The first-order chi connectivity index (χ1) is 10.3. The van der Waals surface area contributed by atoms with Crippen LogP contribution in [-0.4, -0.2) is 50.7 Å². The van der Waals surface area contributed by atoms with E-state index < -0.39 is 32.9 Å². The second kappa shape index (κ2) is 6.39. The highest BCUT2D eigenvalue weighted by atomic mass is 32.2. The summed E-state index contributed by atoms with van der Waals surface area (Å²) in [6.45, 7) is 1.84. The van der Waals surface area contributed by atoms with Crippen molar-refractivity contribution in [2.45, 2.75) is 36.8 Å². The topological polar surface area (TPSA) is 76.1 Å². The SMILES string of the molecule is COc1cc(F)c(S(=O)(=O)N2CC[C@@H](O)C[C@H]2C)cc1OC. The van der Waals surface area contributed by atoms with E-state index in [0.717, 1.165) is 12.1 Å². The molecule has 0 aliphatic carbocycles. The molecule has 2 atom stereocenters. The maximum Gasteiger partial charge on any atom is 0.246 e. The number of nitrogens with zero attached hydrogens (tertiary/aromatic N) is 1. The van der Waals surface area contributed by atoms with Gasteiger partial charge in [-0.05, 0) is 19.8 Å². The van der Waals surface area contributed by atoms with Crippen molar-refractivity contribution in [3.8, 4) is 11.5 Å². The van der Waals surface area contributed by atoms with Crippen molar-refractivity contribution in [3.05, 3.63) is 17.9 Å². The van der Waals surface area contributed by atoms with E-state index in [2.05, 4.69) is 0 Å². The van der Waals surface area contributed by atoms with Gasteiger partial charge in [-0.25, -0.2) is 12.8 Å². The van der Waals surface area contributed by atoms with Crippen LogP contribution in [0.4, 0.5) is 4.39 Å². The summed E-state index contributed by atoms with van der Waals surface area (Å²) in [6.07, 6.45) is 0.129. The highest BCUT2D eigenvalue weighted by Crippen LogP contribution is 2.34. The molecule has 0 radical (unpaired) electrons. The van der Waals surface area contributed by atoms with E-state index in [1.54, 1.807) is 6.92 Å². The second-order valence-corrected chi connectivity index (χ2v) is 7.14. The van der Waals surface area contributed by atoms with Gasteiger partial charge < -0.3 is 14.6 Å². The van der Waals surface area contributed by atoms with Crippen molar-refractivity contribution in [2.24, 2.45) is 0 Å². The van der Waals surface area contributed by atoms with Gasteiger partial charge >= 0.3 is 0 Å². The summed E-state index contributed by atoms with van der Waals surface area (Å²) >= 11 is 0. The number of aliphatic hydroxyl groups excluding tert-OH is 1. The van der Waals surface area contributed by atoms with E-state index >= 15 is 0 Å². The fraction of sp³-hybridized carbons (Fsp3) is 0.571. The zero-order valence-corrected chi connectivity index (χ0v) is 13.6. The quantitative estimate of drug-likeness (QED) is 0.901. The zero-order chi connectivity index (χ0) is 16.5. The molecule has 1 saturated heterocycles. The van der Waals surface area contributed by atoms with Crippen molar-refractivity contribution < 1.29 is 27.4 Å². The van der Waals surface area contributed by atoms with Crippen LogP contribution in [0.3, 0.4) is 0 Å². The molecule has 0 aromatic heterocycles. The number of sulfonamides is 1. The number of hydrogen-bond acceptors (Lipinski definition) is 5. The fourth-order valence-corrected chi connectivity index (χ4v) is 4.36. The highest BCUT2D eigenvalue weighted by molar-refractivity contribution is 7.89. The third-order valence-corrected chi connectivity index (χ3v) is 5.84. The average Bonchev–Trinajstić information content (AvgIpc) is 2.46. The van der Waals surface area contributed by atoms with Crippen molar-refractivity contribution in [1.29, 1.82) is 0 Å². The molecule has 0 saturated carbocycles. The first-order valence-corrected chi connectivity index (χ1v) is 8.36. The van der Waals surface area contributed by atoms with Crippen molar-refractivity contribution in [1.82, 2.24) is 4.31 Å². The Morgan fingerprint density at radius 1 is 1.27 bits per heavy atom. The molecule has 1 aliphatic rings. The van der Waals surface area contributed by atoms with Gasteiger partial charge in [0.15, 0.2) is 11.5 Å². The predicted octanol–water partition coefficient (Wildman–Crippen LogP) is 1.38. The van der Waals surface area contributed by atoms with Crippen LogP contribution in [0.25, 0.3) is 0 Å². The van der Waals surface area contributed by atoms with Crippen LogP contribution in [0.2, 0.25) is 0 Å². The smallest absolute Gasteiger partial charge is 0.246 e. The van der Waals surface area contributed by atoms with Gasteiger partial charge in [0.2, 0.25) is 10.0 Å². The fourth-order valence-electron chi connectivity index (χ4n) is 2.64. The number of piperidine rings is 1. The van der Waals surface area contributed by atoms with Gasteiger partial charge in [-0.1, -0.05) is 0 Å². The molecule has 1 aromatic rings. The van der Waals surface area contributed by atoms with Crippen molar-refractivity contribution >= 4 is 10.0 Å². The van der Waals surface area contributed by atoms with Crippen molar-refractivity contribution in [2.75, 3.05) is 20.8 Å². The summed E-state index contributed by atoms with van der Waals surface area (Å²) in [5.74, 6) is -0.621. The van der Waals surface area contributed by atoms with Gasteiger partial charge in [-0.2, -0.15) is 4.31 Å². The molecule has 1 heterocycles. The van der Waals surface area contributed by atoms with Gasteiger partial charge in [0.25, 0.3) is 0 Å². The van der Waals surface area contributed by atoms with Crippen molar-refractivity contribution in [3.63, 3.8) is 0 Å². The molecule has 1 aliphatic heterocycles. The largest absolute Gasteiger partial charge is 0.493 e. The van der Waals surface area contributed by atoms with Gasteiger partial charge in [0.1, 0.15) is 10.7 Å². The molecule has 2 rings (SSSR count). The average molecular weight is 333 g/mol. The summed E-state index contributed by atoms with van der Waals surface area (Å²) in [7, 11) is -1.31. The predicted molar refractivity (Wildman–Crippen MR) is 78.1 cm³/mol. The van der Waals surface area contributed by atoms with Crippen LogP contribution in [-0.2, 0) is 10.0 Å². The number of methoxy groups -OCH3 is 2. The monoisotopic (exact) mass is 333 g/mol. The first kappa shape index (κ1) is 17.0. The Kier molecular flexibility index (Phi) is 4.93. The van der Waals surface area contributed by atoms with Gasteiger partial charge in [0, 0.05) is 24.7 Å². The van der Waals surface area contributed by atoms with Gasteiger partial charge in [0.05, 0.1) is 20.3 Å². The molecule has 1 fully saturated rings. The Hall–Kier alpha value is -1.38. The van der Waals surface area contributed by atoms with E-state index in [1.165, 1.54) is 18.5 Å². The lowest BCUT2D eigenvalue weighted by molar-refractivity contribution is 0.0866. The summed E-state index contributed by atoms with van der Waals surface area (Å²) in [5.41, 5.74) is 0. The molecule has 6 nitrogen and oxygen atoms in total. The summed E-state index contributed by atoms with van der Waals surface area (Å²) in [5, 5.41) is 9.61. The molecule has 1 N–H and O–H groups in total. The molecule has 124 valence electrons. The third kappa shape index (κ3) is 3.04. The number of benzene rings is 1. The molecule has 1 aromatic carbocycles. The molecule has 0 unspecified atom stereocenters. The van der Waals surface area contributed by atoms with E-state index in [1.807, 2.05) is 0 Å². The number of aliphatic hydroxyl groups is 1. The molecule has 0 bridgehead atoms. The van der Waals surface area contributed by atoms with Gasteiger partial charge in [-0.15, -0.1) is 0 Å². The van der Waals surface area contributed by atoms with Crippen LogP contribution in [0.15, 0.2) is 17.0 Å². The van der Waals surface area contributed by atoms with Crippen LogP contribution in [0.5, 0.6) is 11.5 Å². The van der Waals surface area contributed by atoms with E-state index in [4.69, 9.17) is 9.47 Å². The molecule has 22 heavy (non-hydrogen) atoms. The Morgan fingerprint density at radius 3 is 2.41 bits per heavy atom. The molecule has 0 spiro atoms. The molecule has 0 amide bonds. The summed E-state index contributed by atoms with van der Waals surface area (Å²) < 4.78 is 50.8. The van der Waals surface area contributed by atoms with Crippen LogP contribution in [0, 0.1) is 5.82 Å². The second-order valence-electron chi connectivity index (χ2n) is 5.28. The van der Waals surface area contributed by atoms with E-state index in [-0.39, 0.29) is 18.0 Å². The third-order valence-electron chi connectivity index (χ3n) is 3.81. The van der Waals surface area contributed by atoms with E-state index in [9.17, 15) is 17.9 Å². The molecular formula is C14H20FNO5S. The van der Waals surface area contributed by atoms with E-state index in [0.29, 0.717) is 12.8 Å². The van der Waals surface area contributed by atoms with Crippen LogP contribution < -0.4 is 9.47 Å². The standard InChI is InChI=1S/C14H20FNO5S/c1-9-6-10(17)4-5-16(9)22(18,19)14-8-13(21-3)12(20-2)7-11(14)15/h7-10,17H,4-6H2,1-3H3/t9-,10-/m1/s1. The Morgan fingerprint density at radius 2 is 1.86 bits per heavy atom. The molecular weight excluding hydrogens is 313 g/mol. The lowest BCUT2D eigenvalue weighted by atomic mass is 10.0. The molecule has 8 heteroatoms. The minimum Gasteiger partial charge on any atom is -0.493 e. The van der Waals surface area contributed by atoms with Crippen LogP contribution in [0.1, 0.15) is 19.8 Å². The zero-order valence-electron chi connectivity index (χ0n) is 12.7. The summed E-state index contributed by atoms with van der Waals surface area (Å²) in [4.78, 5) is -0.451. The van der Waals surface area contributed by atoms with Crippen LogP contribution >= 0.6 is 0 Å². The normalized spacial score (nSPS) is 23.3. The minimum atomic E-state index is -4.01. The maximum atomic E-state index is 14.2. The Balaban J connectivity index is 2.45. The highest BCUT2D eigenvalue weighted by Gasteiger charge is 2.36. The first-order valence-electron chi connectivity index (χ1n) is 6.92. The number of hydrogen-bond donors (Lipinski definition) is 1. The Labute approximate surface area is 129 Å². The number of rotatable bonds is 4. The minimum absolute atomic E-state index is 0.126. The Bertz CT molecular complexity index is 649. The number of halogens is 1.